The molecule has 0 saturated heterocycles. The van der Waals surface area contributed by atoms with Crippen LogP contribution in [0.15, 0.2) is 12.4 Å². The van der Waals surface area contributed by atoms with Gasteiger partial charge in [-0.25, -0.2) is 4.98 Å². The van der Waals surface area contributed by atoms with Gasteiger partial charge in [0, 0.05) is 12.4 Å². The first-order valence-electron chi connectivity index (χ1n) is 2.23. The number of aromatic nitrogens is 2. The molecule has 0 atom stereocenters. The van der Waals surface area contributed by atoms with Crippen LogP contribution in [-0.2, 0) is 4.57 Å². The van der Waals surface area contributed by atoms with E-state index in [2.05, 4.69) is 43.7 Å². The van der Waals surface area contributed by atoms with Crippen molar-refractivity contribution in [2.45, 2.75) is 0 Å². The number of aromatic amines is 1. The third-order valence-corrected chi connectivity index (χ3v) is 0.672. The highest BCUT2D eigenvalue weighted by Gasteiger charge is 2.02. The van der Waals surface area contributed by atoms with Crippen LogP contribution in [0.4, 0.5) is 0 Å². The molecule has 0 amide bonds. The lowest BCUT2D eigenvalue weighted by molar-refractivity contribution is 0.600. The molecule has 1 rings (SSSR count). The van der Waals surface area contributed by atoms with E-state index in [1.807, 2.05) is 0 Å². The average molecular weight is 256 g/mol. The van der Waals surface area contributed by atoms with Crippen LogP contribution in [0.1, 0.15) is 0 Å². The fraction of sp³-hybridized carbons (Fsp3) is 0. The van der Waals surface area contributed by atoms with Crippen molar-refractivity contribution < 1.29 is 4.57 Å². The van der Waals surface area contributed by atoms with Gasteiger partial charge in [-0.15, -0.1) is 0 Å². The monoisotopic (exact) mass is 254 g/mol. The van der Waals surface area contributed by atoms with E-state index >= 15 is 0 Å². The molecule has 0 unspecified atom stereocenters. The number of nitrogens with one attached hydrogen (secondary N) is 1. The number of imidazole rings is 1. The summed E-state index contributed by atoms with van der Waals surface area (Å²) in [5, 5.41) is -2.78. The van der Waals surface area contributed by atoms with Crippen LogP contribution in [0, 0.1) is 0 Å². The fourth-order valence-electron chi connectivity index (χ4n) is 0.246. The first kappa shape index (κ1) is 11.6. The fourth-order valence-corrected chi connectivity index (χ4v) is 0.365. The number of nitrogens with zero attached hydrogens (tertiary/aromatic N) is 1. The number of halogens is 4. The van der Waals surface area contributed by atoms with Crippen molar-refractivity contribution in [3.05, 3.63) is 17.7 Å². The summed E-state index contributed by atoms with van der Waals surface area (Å²) in [4.78, 5) is 6.28. The van der Waals surface area contributed by atoms with Crippen LogP contribution < -0.4 is 0 Å². The third kappa shape index (κ3) is 13.6. The van der Waals surface area contributed by atoms with Gasteiger partial charge in [0.2, 0.25) is 0 Å². The van der Waals surface area contributed by atoms with Gasteiger partial charge in [-0.05, 0) is 45.3 Å². The molecule has 0 radical (unpaired) electrons. The molecule has 3 nitrogen and oxygen atoms in total. The maximum absolute atomic E-state index is 9.51. The highest BCUT2D eigenvalue weighted by atomic mass is 36.0. The predicted octanol–water partition coefficient (Wildman–Crippen LogP) is 3.87. The molecule has 64 valence electrons. The van der Waals surface area contributed by atoms with Crippen molar-refractivity contribution in [2.24, 2.45) is 0 Å². The Morgan fingerprint density at radius 3 is 2.00 bits per heavy atom. The Bertz CT molecular complexity index is 223. The van der Waals surface area contributed by atoms with E-state index in [9.17, 15) is 4.57 Å². The summed E-state index contributed by atoms with van der Waals surface area (Å²) in [7, 11) is 0. The zero-order valence-electron chi connectivity index (χ0n) is 4.97. The summed E-state index contributed by atoms with van der Waals surface area (Å²) >= 11 is 19.1. The molecule has 0 spiro atoms. The van der Waals surface area contributed by atoms with Crippen LogP contribution in [-0.4, -0.2) is 9.97 Å². The Labute approximate surface area is 82.7 Å². The van der Waals surface area contributed by atoms with Gasteiger partial charge in [-0.3, -0.25) is 4.57 Å². The molecule has 0 aliphatic carbocycles. The predicted molar refractivity (Wildman–Crippen MR) is 48.8 cm³/mol. The smallest absolute Gasteiger partial charge is 0.335 e. The van der Waals surface area contributed by atoms with Crippen molar-refractivity contribution in [3.8, 4) is 0 Å². The zero-order valence-corrected chi connectivity index (χ0v) is 8.89. The van der Waals surface area contributed by atoms with Gasteiger partial charge in [0.15, 0.2) is 5.28 Å². The van der Waals surface area contributed by atoms with Crippen LogP contribution in [0.2, 0.25) is 5.28 Å². The molecule has 11 heavy (non-hydrogen) atoms. The molecule has 0 fully saturated rings. The lowest BCUT2D eigenvalue weighted by Gasteiger charge is -1.74. The lowest BCUT2D eigenvalue weighted by Crippen LogP contribution is -1.56. The Balaban J connectivity index is 0.000000187. The van der Waals surface area contributed by atoms with E-state index in [0.29, 0.717) is 5.28 Å². The van der Waals surface area contributed by atoms with E-state index in [0.717, 1.165) is 0 Å². The van der Waals surface area contributed by atoms with Gasteiger partial charge in [-0.2, -0.15) is 0 Å². The first-order chi connectivity index (χ1) is 4.89. The van der Waals surface area contributed by atoms with Crippen LogP contribution in [0.3, 0.4) is 0 Å². The van der Waals surface area contributed by atoms with Crippen LogP contribution in [0.5, 0.6) is 0 Å². The quantitative estimate of drug-likeness (QED) is 0.716. The SMILES string of the molecule is Clc1ncc[nH]1.O=P(Cl)(Cl)Cl. The van der Waals surface area contributed by atoms with Gasteiger partial charge in [0.25, 0.3) is 0 Å². The van der Waals surface area contributed by atoms with E-state index in [1.54, 1.807) is 12.4 Å². The summed E-state index contributed by atoms with van der Waals surface area (Å²) in [6.07, 6.45) is 3.27. The topological polar surface area (TPSA) is 45.8 Å². The molecule has 1 heterocycles. The molecule has 1 aromatic rings. The molecule has 0 saturated carbocycles. The molecular weight excluding hydrogens is 253 g/mol. The molecule has 0 aromatic carbocycles. The minimum Gasteiger partial charge on any atom is -0.335 e. The standard InChI is InChI=1S/C3H3ClN2.Cl3OP/c4-3-5-1-2-6-3;1-5(2,3)4/h1-2H,(H,5,6);. The maximum Gasteiger partial charge on any atom is 0.339 e. The Morgan fingerprint density at radius 1 is 1.45 bits per heavy atom. The maximum atomic E-state index is 9.51. The van der Waals surface area contributed by atoms with E-state index in [-0.39, 0.29) is 0 Å². The van der Waals surface area contributed by atoms with Crippen molar-refractivity contribution in [1.82, 2.24) is 9.97 Å². The lowest BCUT2D eigenvalue weighted by atomic mass is 11.0. The number of rotatable bonds is 0. The second-order valence-electron chi connectivity index (χ2n) is 1.28. The van der Waals surface area contributed by atoms with Gasteiger partial charge in [0.1, 0.15) is 0 Å². The normalized spacial score (nSPS) is 10.2. The Hall–Kier alpha value is 0.600. The Morgan fingerprint density at radius 2 is 1.91 bits per heavy atom. The minimum absolute atomic E-state index is 0.440. The number of hydrogen-bond acceptors (Lipinski definition) is 2. The van der Waals surface area contributed by atoms with Gasteiger partial charge >= 0.3 is 5.20 Å². The molecule has 0 aliphatic heterocycles. The molecule has 0 aliphatic rings. The van der Waals surface area contributed by atoms with Gasteiger partial charge < -0.3 is 4.98 Å². The molecule has 1 N–H and O–H groups in total. The van der Waals surface area contributed by atoms with Crippen molar-refractivity contribution >= 4 is 50.5 Å². The number of hydrogen-bond donors (Lipinski definition) is 1. The third-order valence-electron chi connectivity index (χ3n) is 0.465. The Kier molecular flexibility index (Phi) is 5.57. The van der Waals surface area contributed by atoms with E-state index in [1.165, 1.54) is 0 Å². The second kappa shape index (κ2) is 5.28. The molecule has 8 heteroatoms. The van der Waals surface area contributed by atoms with E-state index in [4.69, 9.17) is 11.6 Å². The van der Waals surface area contributed by atoms with Crippen LogP contribution in [0.25, 0.3) is 0 Å². The average Bonchev–Trinajstić information content (AvgIpc) is 2.12. The highest BCUT2D eigenvalue weighted by Crippen LogP contribution is 2.61. The van der Waals surface area contributed by atoms with E-state index < -0.39 is 5.20 Å². The molecule has 0 bridgehead atoms. The van der Waals surface area contributed by atoms with Crippen LogP contribution >= 0.6 is 50.5 Å². The first-order valence-corrected chi connectivity index (χ1v) is 7.03. The van der Waals surface area contributed by atoms with Gasteiger partial charge in [0.05, 0.1) is 0 Å². The van der Waals surface area contributed by atoms with Gasteiger partial charge in [-0.1, -0.05) is 0 Å². The summed E-state index contributed by atoms with van der Waals surface area (Å²) in [6.45, 7) is 0. The van der Waals surface area contributed by atoms with Crippen molar-refractivity contribution in [3.63, 3.8) is 0 Å². The largest absolute Gasteiger partial charge is 0.339 e. The van der Waals surface area contributed by atoms with Crippen molar-refractivity contribution in [2.75, 3.05) is 0 Å². The summed E-state index contributed by atoms with van der Waals surface area (Å²) in [5.74, 6) is 0. The summed E-state index contributed by atoms with van der Waals surface area (Å²) in [5.41, 5.74) is 0. The summed E-state index contributed by atoms with van der Waals surface area (Å²) < 4.78 is 9.51. The summed E-state index contributed by atoms with van der Waals surface area (Å²) in [6, 6.07) is 0. The minimum atomic E-state index is -3.22. The molecule has 1 aromatic heterocycles. The molecular formula is C3H3Cl4N2OP. The highest BCUT2D eigenvalue weighted by molar-refractivity contribution is 8.24. The zero-order chi connectivity index (χ0) is 8.91. The number of H-pyrrole nitrogens is 1. The van der Waals surface area contributed by atoms with Crippen molar-refractivity contribution in [1.29, 1.82) is 0 Å². The second-order valence-corrected chi connectivity index (χ2v) is 8.28.